The second kappa shape index (κ2) is 8.60. The van der Waals surface area contributed by atoms with Crippen LogP contribution in [0.1, 0.15) is 24.4 Å². The van der Waals surface area contributed by atoms with Gasteiger partial charge in [0.25, 0.3) is 0 Å². The van der Waals surface area contributed by atoms with E-state index in [1.165, 1.54) is 5.56 Å². The summed E-state index contributed by atoms with van der Waals surface area (Å²) in [7, 11) is 3.61. The first-order valence-corrected chi connectivity index (χ1v) is 9.92. The average Bonchev–Trinajstić information content (AvgIpc) is 3.01. The van der Waals surface area contributed by atoms with E-state index in [0.717, 1.165) is 32.7 Å². The smallest absolute Gasteiger partial charge is 0.191 e. The van der Waals surface area contributed by atoms with E-state index in [1.54, 1.807) is 18.9 Å². The van der Waals surface area contributed by atoms with Gasteiger partial charge in [-0.3, -0.25) is 0 Å². The molecule has 1 atom stereocenters. The number of hydrogen-bond acceptors (Lipinski definition) is 5. The van der Waals surface area contributed by atoms with Gasteiger partial charge in [-0.1, -0.05) is 39.8 Å². The molecule has 0 aliphatic rings. The maximum atomic E-state index is 5.98. The molecule has 0 N–H and O–H groups in total. The molecule has 3 aromatic rings. The maximum Gasteiger partial charge on any atom is 0.191 e. The summed E-state index contributed by atoms with van der Waals surface area (Å²) in [6, 6.07) is 15.8. The van der Waals surface area contributed by atoms with Crippen LogP contribution in [0.2, 0.25) is 0 Å². The lowest BCUT2D eigenvalue weighted by Gasteiger charge is -2.14. The number of benzene rings is 2. The molecule has 7 heteroatoms. The molecular formula is C19H20BrN3O2S. The van der Waals surface area contributed by atoms with Crippen LogP contribution >= 0.6 is 27.7 Å². The van der Waals surface area contributed by atoms with Crippen LogP contribution in [-0.4, -0.2) is 21.9 Å². The molecule has 0 aliphatic carbocycles. The van der Waals surface area contributed by atoms with Crippen molar-refractivity contribution in [2.24, 2.45) is 7.05 Å². The largest absolute Gasteiger partial charge is 0.497 e. The zero-order valence-electron chi connectivity index (χ0n) is 14.8. The Morgan fingerprint density at radius 2 is 1.85 bits per heavy atom. The zero-order chi connectivity index (χ0) is 18.5. The van der Waals surface area contributed by atoms with Gasteiger partial charge in [-0.15, -0.1) is 10.2 Å². The van der Waals surface area contributed by atoms with E-state index in [0.29, 0.717) is 0 Å². The van der Waals surface area contributed by atoms with Gasteiger partial charge in [-0.05, 0) is 48.9 Å². The molecule has 0 amide bonds. The Bertz CT molecular complexity index is 867. The second-order valence-electron chi connectivity index (χ2n) is 5.75. The van der Waals surface area contributed by atoms with Crippen LogP contribution in [0.15, 0.2) is 58.2 Å². The summed E-state index contributed by atoms with van der Waals surface area (Å²) in [5.74, 6) is 3.19. The summed E-state index contributed by atoms with van der Waals surface area (Å²) in [6.45, 7) is 1.97. The first-order valence-electron chi connectivity index (χ1n) is 8.14. The molecule has 1 aromatic heterocycles. The van der Waals surface area contributed by atoms with E-state index < -0.39 is 0 Å². The van der Waals surface area contributed by atoms with Crippen molar-refractivity contribution in [2.45, 2.75) is 23.9 Å². The summed E-state index contributed by atoms with van der Waals surface area (Å²) in [6.07, 6.45) is -0.207. The molecule has 3 rings (SSSR count). The van der Waals surface area contributed by atoms with E-state index >= 15 is 0 Å². The molecule has 1 unspecified atom stereocenters. The highest BCUT2D eigenvalue weighted by Crippen LogP contribution is 2.27. The number of thioether (sulfide) groups is 1. The van der Waals surface area contributed by atoms with Crippen LogP contribution in [-0.2, 0) is 12.8 Å². The van der Waals surface area contributed by atoms with Crippen LogP contribution in [0.4, 0.5) is 0 Å². The van der Waals surface area contributed by atoms with Crippen LogP contribution in [0.5, 0.6) is 11.5 Å². The summed E-state index contributed by atoms with van der Waals surface area (Å²) < 4.78 is 14.2. The van der Waals surface area contributed by atoms with Crippen LogP contribution in [0, 0.1) is 0 Å². The van der Waals surface area contributed by atoms with Gasteiger partial charge < -0.3 is 14.0 Å². The minimum Gasteiger partial charge on any atom is -0.497 e. The summed E-state index contributed by atoms with van der Waals surface area (Å²) in [5.41, 5.74) is 1.23. The van der Waals surface area contributed by atoms with Crippen molar-refractivity contribution in [1.29, 1.82) is 0 Å². The highest BCUT2D eigenvalue weighted by atomic mass is 79.9. The van der Waals surface area contributed by atoms with Gasteiger partial charge in [-0.25, -0.2) is 0 Å². The molecule has 0 saturated heterocycles. The third-order valence-electron chi connectivity index (χ3n) is 3.86. The molecule has 5 nitrogen and oxygen atoms in total. The predicted molar refractivity (Wildman–Crippen MR) is 107 cm³/mol. The van der Waals surface area contributed by atoms with Gasteiger partial charge in [0.15, 0.2) is 17.1 Å². The standard InChI is InChI=1S/C19H20BrN3O2S/c1-13(25-17-9-7-16(24-3)8-10-17)18-21-22-19(23(18)2)26-12-14-5-4-6-15(20)11-14/h4-11,13H,12H2,1-3H3. The molecule has 1 heterocycles. The lowest BCUT2D eigenvalue weighted by molar-refractivity contribution is 0.211. The van der Waals surface area contributed by atoms with Crippen molar-refractivity contribution in [3.63, 3.8) is 0 Å². The van der Waals surface area contributed by atoms with E-state index in [-0.39, 0.29) is 6.10 Å². The lowest BCUT2D eigenvalue weighted by atomic mass is 10.2. The van der Waals surface area contributed by atoms with E-state index in [9.17, 15) is 0 Å². The van der Waals surface area contributed by atoms with Crippen molar-refractivity contribution in [3.05, 3.63) is 64.4 Å². The number of methoxy groups -OCH3 is 1. The van der Waals surface area contributed by atoms with Crippen molar-refractivity contribution < 1.29 is 9.47 Å². The summed E-state index contributed by atoms with van der Waals surface area (Å²) in [5, 5.41) is 9.48. The van der Waals surface area contributed by atoms with Gasteiger partial charge in [-0.2, -0.15) is 0 Å². The average molecular weight is 434 g/mol. The fourth-order valence-corrected chi connectivity index (χ4v) is 3.80. The zero-order valence-corrected chi connectivity index (χ0v) is 17.3. The fourth-order valence-electron chi connectivity index (χ4n) is 2.49. The number of hydrogen-bond donors (Lipinski definition) is 0. The van der Waals surface area contributed by atoms with Crippen molar-refractivity contribution in [1.82, 2.24) is 14.8 Å². The van der Waals surface area contributed by atoms with Gasteiger partial charge in [0, 0.05) is 17.3 Å². The number of ether oxygens (including phenoxy) is 2. The van der Waals surface area contributed by atoms with Gasteiger partial charge in [0.2, 0.25) is 0 Å². The number of halogens is 1. The van der Waals surface area contributed by atoms with E-state index in [1.807, 2.05) is 54.9 Å². The van der Waals surface area contributed by atoms with Gasteiger partial charge in [0.05, 0.1) is 7.11 Å². The molecule has 0 aliphatic heterocycles. The molecule has 2 aromatic carbocycles. The molecule has 26 heavy (non-hydrogen) atoms. The van der Waals surface area contributed by atoms with Gasteiger partial charge >= 0.3 is 0 Å². The normalized spacial score (nSPS) is 12.0. The predicted octanol–water partition coefficient (Wildman–Crippen LogP) is 5.02. The molecule has 136 valence electrons. The quantitative estimate of drug-likeness (QED) is 0.489. The fraction of sp³-hybridized carbons (Fsp3) is 0.263. The van der Waals surface area contributed by atoms with E-state index in [4.69, 9.17) is 9.47 Å². The van der Waals surface area contributed by atoms with Gasteiger partial charge in [0.1, 0.15) is 11.5 Å². The highest BCUT2D eigenvalue weighted by molar-refractivity contribution is 9.10. The highest BCUT2D eigenvalue weighted by Gasteiger charge is 2.17. The maximum absolute atomic E-state index is 5.98. The number of aromatic nitrogens is 3. The Morgan fingerprint density at radius 3 is 2.54 bits per heavy atom. The molecule has 0 fully saturated rings. The monoisotopic (exact) mass is 433 g/mol. The molecule has 0 saturated carbocycles. The van der Waals surface area contributed by atoms with Crippen LogP contribution in [0.3, 0.4) is 0 Å². The van der Waals surface area contributed by atoms with E-state index in [2.05, 4.69) is 38.3 Å². The second-order valence-corrected chi connectivity index (χ2v) is 7.61. The first-order chi connectivity index (χ1) is 12.6. The third-order valence-corrected chi connectivity index (χ3v) is 5.45. The Balaban J connectivity index is 1.65. The Morgan fingerprint density at radius 1 is 1.12 bits per heavy atom. The summed E-state index contributed by atoms with van der Waals surface area (Å²) >= 11 is 5.15. The molecule has 0 spiro atoms. The Labute approximate surface area is 165 Å². The number of rotatable bonds is 7. The Kier molecular flexibility index (Phi) is 6.21. The van der Waals surface area contributed by atoms with Crippen molar-refractivity contribution >= 4 is 27.7 Å². The topological polar surface area (TPSA) is 49.2 Å². The SMILES string of the molecule is COc1ccc(OC(C)c2nnc(SCc3cccc(Br)c3)n2C)cc1. The Hall–Kier alpha value is -1.99. The lowest BCUT2D eigenvalue weighted by Crippen LogP contribution is -2.10. The minimum absolute atomic E-state index is 0.207. The minimum atomic E-state index is -0.207. The van der Waals surface area contributed by atoms with Crippen molar-refractivity contribution in [2.75, 3.05) is 7.11 Å². The third kappa shape index (κ3) is 4.59. The van der Waals surface area contributed by atoms with Crippen LogP contribution in [0.25, 0.3) is 0 Å². The van der Waals surface area contributed by atoms with Crippen molar-refractivity contribution in [3.8, 4) is 11.5 Å². The molecule has 0 bridgehead atoms. The number of nitrogens with zero attached hydrogens (tertiary/aromatic N) is 3. The molecule has 0 radical (unpaired) electrons. The molecular weight excluding hydrogens is 414 g/mol. The van der Waals surface area contributed by atoms with Crippen LogP contribution < -0.4 is 9.47 Å². The summed E-state index contributed by atoms with van der Waals surface area (Å²) in [4.78, 5) is 0. The first kappa shape index (κ1) is 18.8.